The molecule has 134 valence electrons. The van der Waals surface area contributed by atoms with E-state index >= 15 is 0 Å². The number of rotatable bonds is 5. The van der Waals surface area contributed by atoms with Gasteiger partial charge in [0.05, 0.1) is 10.5 Å². The average molecular weight is 437 g/mol. The van der Waals surface area contributed by atoms with Gasteiger partial charge in [0.15, 0.2) is 12.4 Å². The normalized spacial score (nSPS) is 11.3. The Labute approximate surface area is 157 Å². The molecule has 0 spiro atoms. The van der Waals surface area contributed by atoms with Crippen molar-refractivity contribution < 1.29 is 22.5 Å². The van der Waals surface area contributed by atoms with Crippen LogP contribution in [-0.4, -0.2) is 19.5 Å². The number of hydrogen-bond donors (Lipinski definition) is 1. The molecule has 7 nitrogen and oxygen atoms in total. The first kappa shape index (κ1) is 18.3. The van der Waals surface area contributed by atoms with Crippen LogP contribution >= 0.6 is 15.9 Å². The van der Waals surface area contributed by atoms with Gasteiger partial charge in [0.2, 0.25) is 10.0 Å². The van der Waals surface area contributed by atoms with Gasteiger partial charge < -0.3 is 9.26 Å². The minimum absolute atomic E-state index is 0.0410. The number of ether oxygens (including phenoxy) is 1. The Kier molecular flexibility index (Phi) is 5.21. The fraction of sp³-hybridized carbons (Fsp3) is 0.0588. The van der Waals surface area contributed by atoms with Crippen LogP contribution in [0.4, 0.5) is 0 Å². The van der Waals surface area contributed by atoms with Crippen molar-refractivity contribution in [1.29, 1.82) is 0 Å². The van der Waals surface area contributed by atoms with Gasteiger partial charge in [-0.25, -0.2) is 18.4 Å². The Morgan fingerprint density at radius 1 is 1.15 bits per heavy atom. The topological polar surface area (TPSA) is 112 Å². The summed E-state index contributed by atoms with van der Waals surface area (Å²) in [5, 5.41) is 9.01. The lowest BCUT2D eigenvalue weighted by Crippen LogP contribution is -2.14. The minimum Gasteiger partial charge on any atom is -0.454 e. The molecule has 3 aromatic rings. The zero-order chi connectivity index (χ0) is 18.7. The van der Waals surface area contributed by atoms with E-state index in [9.17, 15) is 13.2 Å². The van der Waals surface area contributed by atoms with Crippen LogP contribution in [0.5, 0.6) is 0 Å². The summed E-state index contributed by atoms with van der Waals surface area (Å²) in [6, 6.07) is 14.9. The lowest BCUT2D eigenvalue weighted by Gasteiger charge is -2.06. The molecule has 0 saturated carbocycles. The summed E-state index contributed by atoms with van der Waals surface area (Å²) in [4.78, 5) is 12.1. The van der Waals surface area contributed by atoms with Crippen molar-refractivity contribution in [2.75, 3.05) is 0 Å². The van der Waals surface area contributed by atoms with E-state index in [0.29, 0.717) is 15.9 Å². The lowest BCUT2D eigenvalue weighted by atomic mass is 10.1. The van der Waals surface area contributed by atoms with E-state index in [1.807, 2.05) is 30.3 Å². The Hall–Kier alpha value is -2.49. The summed E-state index contributed by atoms with van der Waals surface area (Å²) < 4.78 is 33.6. The Balaban J connectivity index is 1.73. The molecule has 2 N–H and O–H groups in total. The molecule has 0 amide bonds. The van der Waals surface area contributed by atoms with Crippen molar-refractivity contribution in [3.05, 3.63) is 70.4 Å². The van der Waals surface area contributed by atoms with Gasteiger partial charge in [-0.15, -0.1) is 0 Å². The molecule has 2 aromatic carbocycles. The third kappa shape index (κ3) is 4.18. The third-order valence-corrected chi connectivity index (χ3v) is 5.06. The summed E-state index contributed by atoms with van der Waals surface area (Å²) in [5.41, 5.74) is 1.53. The number of halogens is 1. The molecule has 0 aliphatic rings. The van der Waals surface area contributed by atoms with Gasteiger partial charge >= 0.3 is 5.97 Å². The fourth-order valence-corrected chi connectivity index (χ4v) is 3.13. The van der Waals surface area contributed by atoms with Gasteiger partial charge in [-0.2, -0.15) is 0 Å². The molecule has 1 aromatic heterocycles. The number of sulfonamides is 1. The highest BCUT2D eigenvalue weighted by molar-refractivity contribution is 9.10. The highest BCUT2D eigenvalue weighted by Crippen LogP contribution is 2.23. The Morgan fingerprint density at radius 3 is 2.58 bits per heavy atom. The van der Waals surface area contributed by atoms with Crippen LogP contribution in [0.2, 0.25) is 0 Å². The van der Waals surface area contributed by atoms with Crippen LogP contribution in [-0.2, 0) is 21.4 Å². The van der Waals surface area contributed by atoms with E-state index in [0.717, 1.165) is 11.6 Å². The highest BCUT2D eigenvalue weighted by Gasteiger charge is 2.17. The molecule has 0 aliphatic carbocycles. The smallest absolute Gasteiger partial charge is 0.339 e. The quantitative estimate of drug-likeness (QED) is 0.614. The van der Waals surface area contributed by atoms with E-state index in [1.54, 1.807) is 6.07 Å². The number of benzene rings is 2. The van der Waals surface area contributed by atoms with Gasteiger partial charge in [-0.05, 0) is 34.1 Å². The fourth-order valence-electron chi connectivity index (χ4n) is 2.18. The second kappa shape index (κ2) is 7.40. The first-order valence-corrected chi connectivity index (χ1v) is 9.69. The Morgan fingerprint density at radius 2 is 1.88 bits per heavy atom. The zero-order valence-corrected chi connectivity index (χ0v) is 15.7. The minimum atomic E-state index is -3.93. The summed E-state index contributed by atoms with van der Waals surface area (Å²) in [6.45, 7) is -0.148. The molecule has 26 heavy (non-hydrogen) atoms. The number of carbonyl (C=O) groups excluding carboxylic acids is 1. The number of aromatic nitrogens is 1. The van der Waals surface area contributed by atoms with Crippen LogP contribution in [0.1, 0.15) is 16.1 Å². The van der Waals surface area contributed by atoms with Crippen molar-refractivity contribution in [3.63, 3.8) is 0 Å². The molecular weight excluding hydrogens is 424 g/mol. The molecule has 0 bridgehead atoms. The maximum absolute atomic E-state index is 12.2. The maximum Gasteiger partial charge on any atom is 0.339 e. The predicted octanol–water partition coefficient (Wildman–Crippen LogP) is 3.11. The average Bonchev–Trinajstić information content (AvgIpc) is 3.09. The summed E-state index contributed by atoms with van der Waals surface area (Å²) in [6.07, 6.45) is 0. The lowest BCUT2D eigenvalue weighted by molar-refractivity contribution is 0.0436. The Bertz CT molecular complexity index is 1050. The molecule has 0 fully saturated rings. The first-order chi connectivity index (χ1) is 12.3. The number of nitrogens with zero attached hydrogens (tertiary/aromatic N) is 1. The van der Waals surface area contributed by atoms with Gasteiger partial charge in [0.25, 0.3) is 0 Å². The summed E-state index contributed by atoms with van der Waals surface area (Å²) >= 11 is 3.19. The molecule has 0 saturated heterocycles. The van der Waals surface area contributed by atoms with E-state index in [-0.39, 0.29) is 17.1 Å². The van der Waals surface area contributed by atoms with Crippen LogP contribution in [0.25, 0.3) is 11.3 Å². The van der Waals surface area contributed by atoms with Crippen LogP contribution in [0, 0.1) is 0 Å². The second-order valence-corrected chi connectivity index (χ2v) is 7.72. The molecule has 3 rings (SSSR count). The molecule has 9 heteroatoms. The molecular formula is C17H13BrN2O5S. The molecule has 0 atom stereocenters. The number of hydrogen-bond acceptors (Lipinski definition) is 6. The largest absolute Gasteiger partial charge is 0.454 e. The first-order valence-electron chi connectivity index (χ1n) is 7.35. The standard InChI is InChI=1S/C17H13BrN2O5S/c18-15-7-6-13(26(19,22)23)9-14(15)17(21)24-10-12-8-16(20-25-12)11-4-2-1-3-5-11/h1-9H,10H2,(H2,19,22,23). The molecule has 0 aliphatic heterocycles. The molecule has 1 heterocycles. The van der Waals surface area contributed by atoms with Crippen molar-refractivity contribution in [2.45, 2.75) is 11.5 Å². The molecule has 0 radical (unpaired) electrons. The highest BCUT2D eigenvalue weighted by atomic mass is 79.9. The van der Waals surface area contributed by atoms with Gasteiger partial charge in [0, 0.05) is 16.1 Å². The van der Waals surface area contributed by atoms with Crippen LogP contribution in [0.15, 0.2) is 68.5 Å². The van der Waals surface area contributed by atoms with Crippen molar-refractivity contribution >= 4 is 31.9 Å². The third-order valence-electron chi connectivity index (χ3n) is 3.46. The summed E-state index contributed by atoms with van der Waals surface area (Å²) in [7, 11) is -3.93. The zero-order valence-electron chi connectivity index (χ0n) is 13.3. The number of esters is 1. The van der Waals surface area contributed by atoms with Crippen molar-refractivity contribution in [3.8, 4) is 11.3 Å². The van der Waals surface area contributed by atoms with Crippen molar-refractivity contribution in [2.24, 2.45) is 5.14 Å². The SMILES string of the molecule is NS(=O)(=O)c1ccc(Br)c(C(=O)OCc2cc(-c3ccccc3)no2)c1. The number of primary sulfonamides is 1. The van der Waals surface area contributed by atoms with Gasteiger partial charge in [0.1, 0.15) is 5.69 Å². The van der Waals surface area contributed by atoms with Crippen LogP contribution < -0.4 is 5.14 Å². The van der Waals surface area contributed by atoms with E-state index in [4.69, 9.17) is 14.4 Å². The van der Waals surface area contributed by atoms with E-state index in [2.05, 4.69) is 21.1 Å². The van der Waals surface area contributed by atoms with Crippen molar-refractivity contribution in [1.82, 2.24) is 5.16 Å². The molecule has 0 unspecified atom stereocenters. The monoisotopic (exact) mass is 436 g/mol. The summed E-state index contributed by atoms with van der Waals surface area (Å²) in [5.74, 6) is -0.365. The van der Waals surface area contributed by atoms with E-state index in [1.165, 1.54) is 12.1 Å². The van der Waals surface area contributed by atoms with Gasteiger partial charge in [-0.1, -0.05) is 35.5 Å². The number of carbonyl (C=O) groups is 1. The predicted molar refractivity (Wildman–Crippen MR) is 96.6 cm³/mol. The van der Waals surface area contributed by atoms with E-state index < -0.39 is 16.0 Å². The maximum atomic E-state index is 12.2. The second-order valence-electron chi connectivity index (χ2n) is 5.31. The van der Waals surface area contributed by atoms with Gasteiger partial charge in [-0.3, -0.25) is 0 Å². The number of nitrogens with two attached hydrogens (primary N) is 1. The van der Waals surface area contributed by atoms with Crippen LogP contribution in [0.3, 0.4) is 0 Å².